The van der Waals surface area contributed by atoms with Crippen LogP contribution in [0, 0.1) is 0 Å². The van der Waals surface area contributed by atoms with Gasteiger partial charge >= 0.3 is 11.9 Å². The highest BCUT2D eigenvalue weighted by Crippen LogP contribution is 2.06. The Hall–Kier alpha value is -1.67. The van der Waals surface area contributed by atoms with Gasteiger partial charge in [-0.05, 0) is 6.42 Å². The second-order valence-electron chi connectivity index (χ2n) is 4.53. The molecule has 1 heterocycles. The summed E-state index contributed by atoms with van der Waals surface area (Å²) in [6.07, 6.45) is 0.218. The fourth-order valence-corrected chi connectivity index (χ4v) is 1.91. The predicted octanol–water partition coefficient (Wildman–Crippen LogP) is -1.59. The number of rotatable bonds is 6. The summed E-state index contributed by atoms with van der Waals surface area (Å²) in [7, 11) is 0. The lowest BCUT2D eigenvalue weighted by Gasteiger charge is -2.34. The Kier molecular flexibility index (Phi) is 5.71. The van der Waals surface area contributed by atoms with Crippen LogP contribution in [0.5, 0.6) is 0 Å². The van der Waals surface area contributed by atoms with Gasteiger partial charge in [-0.15, -0.1) is 0 Å². The van der Waals surface area contributed by atoms with Crippen LogP contribution in [0.3, 0.4) is 0 Å². The molecule has 0 bridgehead atoms. The van der Waals surface area contributed by atoms with Gasteiger partial charge in [-0.3, -0.25) is 19.3 Å². The number of carbonyl (C=O) groups excluding carboxylic acids is 1. The summed E-state index contributed by atoms with van der Waals surface area (Å²) in [5.74, 6) is -2.13. The summed E-state index contributed by atoms with van der Waals surface area (Å²) in [5.41, 5.74) is 5.33. The highest BCUT2D eigenvalue weighted by molar-refractivity contribution is 5.78. The van der Waals surface area contributed by atoms with Gasteiger partial charge in [0, 0.05) is 32.6 Å². The van der Waals surface area contributed by atoms with Gasteiger partial charge in [0.1, 0.15) is 6.04 Å². The van der Waals surface area contributed by atoms with E-state index in [1.807, 2.05) is 0 Å². The van der Waals surface area contributed by atoms with Gasteiger partial charge in [-0.2, -0.15) is 0 Å². The number of carboxylic acid groups (broad SMARTS) is 2. The van der Waals surface area contributed by atoms with E-state index in [2.05, 4.69) is 0 Å². The van der Waals surface area contributed by atoms with E-state index >= 15 is 0 Å². The van der Waals surface area contributed by atoms with E-state index in [0.717, 1.165) is 0 Å². The van der Waals surface area contributed by atoms with Crippen LogP contribution in [0.25, 0.3) is 0 Å². The number of carboxylic acids is 2. The second kappa shape index (κ2) is 7.05. The molecular formula is C11H19N3O5. The molecule has 1 fully saturated rings. The fourth-order valence-electron chi connectivity index (χ4n) is 1.91. The van der Waals surface area contributed by atoms with Crippen LogP contribution in [-0.2, 0) is 14.4 Å². The molecule has 8 nitrogen and oxygen atoms in total. The number of hydrogen-bond acceptors (Lipinski definition) is 5. The summed E-state index contributed by atoms with van der Waals surface area (Å²) in [6, 6.07) is -1.02. The first-order valence-corrected chi connectivity index (χ1v) is 6.10. The van der Waals surface area contributed by atoms with Crippen molar-refractivity contribution in [1.29, 1.82) is 0 Å². The maximum absolute atomic E-state index is 11.8. The van der Waals surface area contributed by atoms with Crippen LogP contribution >= 0.6 is 0 Å². The molecular weight excluding hydrogens is 254 g/mol. The zero-order chi connectivity index (χ0) is 14.4. The molecule has 0 aromatic carbocycles. The Morgan fingerprint density at radius 1 is 1.11 bits per heavy atom. The lowest BCUT2D eigenvalue weighted by Crippen LogP contribution is -2.50. The van der Waals surface area contributed by atoms with Gasteiger partial charge in [-0.25, -0.2) is 0 Å². The van der Waals surface area contributed by atoms with E-state index < -0.39 is 18.0 Å². The summed E-state index contributed by atoms with van der Waals surface area (Å²) in [6.45, 7) is 1.95. The van der Waals surface area contributed by atoms with Crippen molar-refractivity contribution in [3.8, 4) is 0 Å². The molecule has 0 spiro atoms. The van der Waals surface area contributed by atoms with Gasteiger partial charge in [0.25, 0.3) is 0 Å². The van der Waals surface area contributed by atoms with Gasteiger partial charge in [0.05, 0.1) is 6.54 Å². The topological polar surface area (TPSA) is 124 Å². The van der Waals surface area contributed by atoms with E-state index in [9.17, 15) is 14.4 Å². The predicted molar refractivity (Wildman–Crippen MR) is 65.5 cm³/mol. The average Bonchev–Trinajstić information content (AvgIpc) is 2.35. The zero-order valence-electron chi connectivity index (χ0n) is 10.6. The third-order valence-electron chi connectivity index (χ3n) is 3.07. The number of amides is 1. The molecule has 0 radical (unpaired) electrons. The molecule has 4 N–H and O–H groups in total. The van der Waals surface area contributed by atoms with Crippen molar-refractivity contribution < 1.29 is 24.6 Å². The highest BCUT2D eigenvalue weighted by Gasteiger charge is 2.23. The first kappa shape index (κ1) is 15.4. The van der Waals surface area contributed by atoms with Gasteiger partial charge in [0.15, 0.2) is 0 Å². The van der Waals surface area contributed by atoms with Crippen molar-refractivity contribution >= 4 is 17.8 Å². The van der Waals surface area contributed by atoms with Gasteiger partial charge < -0.3 is 20.8 Å². The molecule has 1 aliphatic rings. The molecule has 1 atom stereocenters. The Labute approximate surface area is 110 Å². The van der Waals surface area contributed by atoms with Gasteiger partial charge in [-0.1, -0.05) is 0 Å². The molecule has 8 heteroatoms. The van der Waals surface area contributed by atoms with Crippen LogP contribution < -0.4 is 5.73 Å². The van der Waals surface area contributed by atoms with Crippen LogP contribution in [0.1, 0.15) is 12.8 Å². The molecule has 19 heavy (non-hydrogen) atoms. The maximum Gasteiger partial charge on any atom is 0.320 e. The van der Waals surface area contributed by atoms with E-state index in [0.29, 0.717) is 26.2 Å². The fraction of sp³-hybridized carbons (Fsp3) is 0.727. The minimum atomic E-state index is -1.11. The third-order valence-corrected chi connectivity index (χ3v) is 3.07. The molecule has 1 amide bonds. The lowest BCUT2D eigenvalue weighted by molar-refractivity contribution is -0.139. The number of nitrogens with zero attached hydrogens (tertiary/aromatic N) is 2. The third kappa shape index (κ3) is 5.23. The second-order valence-corrected chi connectivity index (χ2v) is 4.53. The molecule has 1 rings (SSSR count). The van der Waals surface area contributed by atoms with Gasteiger partial charge in [0.2, 0.25) is 5.91 Å². The Morgan fingerprint density at radius 3 is 2.16 bits per heavy atom. The van der Waals surface area contributed by atoms with Crippen LogP contribution in [0.2, 0.25) is 0 Å². The highest BCUT2D eigenvalue weighted by atomic mass is 16.4. The van der Waals surface area contributed by atoms with Crippen molar-refractivity contribution in [2.75, 3.05) is 32.7 Å². The van der Waals surface area contributed by atoms with Crippen molar-refractivity contribution in [1.82, 2.24) is 9.80 Å². The van der Waals surface area contributed by atoms with Crippen molar-refractivity contribution in [2.45, 2.75) is 18.9 Å². The molecule has 0 aromatic rings. The monoisotopic (exact) mass is 273 g/mol. The standard InChI is InChI=1S/C11H19N3O5/c12-8(11(18)19)1-2-9(15)14-5-3-13(4-6-14)7-10(16)17/h8H,1-7,12H2,(H,16,17)(H,18,19). The minimum Gasteiger partial charge on any atom is -0.480 e. The largest absolute Gasteiger partial charge is 0.480 e. The Balaban J connectivity index is 2.29. The smallest absolute Gasteiger partial charge is 0.320 e. The summed E-state index contributed by atoms with van der Waals surface area (Å²) < 4.78 is 0. The quantitative estimate of drug-likeness (QED) is 0.532. The van der Waals surface area contributed by atoms with Crippen molar-refractivity contribution in [3.63, 3.8) is 0 Å². The van der Waals surface area contributed by atoms with Crippen molar-refractivity contribution in [2.24, 2.45) is 5.73 Å². The normalized spacial score (nSPS) is 18.1. The first-order valence-electron chi connectivity index (χ1n) is 6.10. The van der Waals surface area contributed by atoms with Crippen LogP contribution in [-0.4, -0.2) is 76.6 Å². The maximum atomic E-state index is 11.8. The molecule has 1 saturated heterocycles. The van der Waals surface area contributed by atoms with E-state index in [1.165, 1.54) is 0 Å². The first-order chi connectivity index (χ1) is 8.90. The van der Waals surface area contributed by atoms with E-state index in [-0.39, 0.29) is 25.3 Å². The lowest BCUT2D eigenvalue weighted by atomic mass is 10.1. The van der Waals surface area contributed by atoms with Crippen molar-refractivity contribution in [3.05, 3.63) is 0 Å². The SMILES string of the molecule is NC(CCC(=O)N1CCN(CC(=O)O)CC1)C(=O)O. The molecule has 0 aliphatic carbocycles. The van der Waals surface area contributed by atoms with Crippen LogP contribution in [0.4, 0.5) is 0 Å². The molecule has 0 aromatic heterocycles. The number of carbonyl (C=O) groups is 3. The van der Waals surface area contributed by atoms with E-state index in [1.54, 1.807) is 9.80 Å². The average molecular weight is 273 g/mol. The number of nitrogens with two attached hydrogens (primary N) is 1. The number of piperazine rings is 1. The van der Waals surface area contributed by atoms with Crippen LogP contribution in [0.15, 0.2) is 0 Å². The minimum absolute atomic E-state index is 0.0219. The molecule has 108 valence electrons. The Bertz CT molecular complexity index is 352. The summed E-state index contributed by atoms with van der Waals surface area (Å²) in [4.78, 5) is 36.2. The number of hydrogen-bond donors (Lipinski definition) is 3. The van der Waals surface area contributed by atoms with E-state index in [4.69, 9.17) is 15.9 Å². The summed E-state index contributed by atoms with van der Waals surface area (Å²) >= 11 is 0. The summed E-state index contributed by atoms with van der Waals surface area (Å²) in [5, 5.41) is 17.3. The number of aliphatic carboxylic acids is 2. The molecule has 1 aliphatic heterocycles. The molecule has 1 unspecified atom stereocenters. The zero-order valence-corrected chi connectivity index (χ0v) is 10.6. The Morgan fingerprint density at radius 2 is 1.68 bits per heavy atom. The molecule has 0 saturated carbocycles.